The van der Waals surface area contributed by atoms with Crippen molar-refractivity contribution in [3.63, 3.8) is 0 Å². The first kappa shape index (κ1) is 14.0. The van der Waals surface area contributed by atoms with Gasteiger partial charge >= 0.3 is 0 Å². The normalized spacial score (nSPS) is 10.5. The monoisotopic (exact) mass is 323 g/mol. The number of anilines is 1. The second kappa shape index (κ2) is 6.17. The van der Waals surface area contributed by atoms with Gasteiger partial charge in [0.15, 0.2) is 0 Å². The Balaban J connectivity index is 2.07. The van der Waals surface area contributed by atoms with E-state index in [1.54, 1.807) is 6.07 Å². The Labute approximate surface area is 120 Å². The number of nitrogens with one attached hydrogen (secondary N) is 1. The fourth-order valence-electron chi connectivity index (χ4n) is 1.80. The maximum Gasteiger partial charge on any atom is 0.137 e. The Kier molecular flexibility index (Phi) is 4.56. The van der Waals surface area contributed by atoms with Gasteiger partial charge in [0.05, 0.1) is 11.1 Å². The van der Waals surface area contributed by atoms with Crippen LogP contribution in [-0.4, -0.2) is 5.11 Å². The molecule has 2 rings (SSSR count). The minimum absolute atomic E-state index is 0.0533. The minimum Gasteiger partial charge on any atom is -0.392 e. The number of aliphatic hydroxyl groups is 1. The maximum atomic E-state index is 13.3. The molecule has 0 aliphatic carbocycles. The first-order chi connectivity index (χ1) is 9.10. The molecule has 2 aromatic carbocycles. The van der Waals surface area contributed by atoms with Crippen LogP contribution in [-0.2, 0) is 13.2 Å². The molecule has 19 heavy (non-hydrogen) atoms. The van der Waals surface area contributed by atoms with E-state index in [4.69, 9.17) is 5.11 Å². The van der Waals surface area contributed by atoms with Gasteiger partial charge in [-0.1, -0.05) is 24.3 Å². The molecular weight excluding hydrogens is 309 g/mol. The first-order valence-corrected chi connectivity index (χ1v) is 6.77. The van der Waals surface area contributed by atoms with Crippen molar-refractivity contribution in [2.75, 3.05) is 5.32 Å². The number of aliphatic hydroxyl groups excluding tert-OH is 1. The van der Waals surface area contributed by atoms with Crippen molar-refractivity contribution >= 4 is 21.6 Å². The fraction of sp³-hybridized carbons (Fsp3) is 0.200. The van der Waals surface area contributed by atoms with Crippen molar-refractivity contribution in [3.8, 4) is 0 Å². The zero-order chi connectivity index (χ0) is 13.8. The highest BCUT2D eigenvalue weighted by Crippen LogP contribution is 2.24. The van der Waals surface area contributed by atoms with Gasteiger partial charge in [0.1, 0.15) is 5.82 Å². The van der Waals surface area contributed by atoms with Crippen LogP contribution in [0.15, 0.2) is 40.9 Å². The summed E-state index contributed by atoms with van der Waals surface area (Å²) in [5.41, 5.74) is 3.77. The zero-order valence-corrected chi connectivity index (χ0v) is 12.2. The summed E-state index contributed by atoms with van der Waals surface area (Å²) < 4.78 is 13.8. The Morgan fingerprint density at radius 1 is 1.16 bits per heavy atom. The highest BCUT2D eigenvalue weighted by Gasteiger charge is 2.05. The van der Waals surface area contributed by atoms with E-state index in [1.807, 2.05) is 31.2 Å². The molecule has 0 heterocycles. The molecule has 0 fully saturated rings. The highest BCUT2D eigenvalue weighted by atomic mass is 79.9. The summed E-state index contributed by atoms with van der Waals surface area (Å²) >= 11 is 3.18. The van der Waals surface area contributed by atoms with Gasteiger partial charge in [-0.15, -0.1) is 0 Å². The predicted molar refractivity (Wildman–Crippen MR) is 78.5 cm³/mol. The van der Waals surface area contributed by atoms with Crippen LogP contribution in [0.25, 0.3) is 0 Å². The summed E-state index contributed by atoms with van der Waals surface area (Å²) in [6.07, 6.45) is 0. The first-order valence-electron chi connectivity index (χ1n) is 5.98. The van der Waals surface area contributed by atoms with Crippen LogP contribution in [0.4, 0.5) is 10.1 Å². The molecule has 100 valence electrons. The molecule has 0 saturated heterocycles. The largest absolute Gasteiger partial charge is 0.392 e. The van der Waals surface area contributed by atoms with Gasteiger partial charge in [-0.25, -0.2) is 4.39 Å². The minimum atomic E-state index is -0.254. The van der Waals surface area contributed by atoms with E-state index in [1.165, 1.54) is 6.07 Å². The van der Waals surface area contributed by atoms with Gasteiger partial charge in [-0.05, 0) is 51.7 Å². The lowest BCUT2D eigenvalue weighted by atomic mass is 10.1. The summed E-state index contributed by atoms with van der Waals surface area (Å²) in [5.74, 6) is -0.254. The van der Waals surface area contributed by atoms with E-state index in [2.05, 4.69) is 21.2 Å². The van der Waals surface area contributed by atoms with Crippen molar-refractivity contribution < 1.29 is 9.50 Å². The fourth-order valence-corrected chi connectivity index (χ4v) is 2.14. The maximum absolute atomic E-state index is 13.3. The van der Waals surface area contributed by atoms with E-state index in [-0.39, 0.29) is 12.4 Å². The predicted octanol–water partition coefficient (Wildman–Crippen LogP) is 4.00. The molecule has 0 saturated carbocycles. The number of hydrogen-bond acceptors (Lipinski definition) is 2. The Morgan fingerprint density at radius 2 is 1.79 bits per heavy atom. The van der Waals surface area contributed by atoms with Gasteiger partial charge in [0, 0.05) is 12.2 Å². The quantitative estimate of drug-likeness (QED) is 0.891. The average molecular weight is 324 g/mol. The zero-order valence-electron chi connectivity index (χ0n) is 10.6. The summed E-state index contributed by atoms with van der Waals surface area (Å²) in [7, 11) is 0. The van der Waals surface area contributed by atoms with Crippen LogP contribution < -0.4 is 5.32 Å². The van der Waals surface area contributed by atoms with Crippen molar-refractivity contribution in [2.45, 2.75) is 20.1 Å². The van der Waals surface area contributed by atoms with Gasteiger partial charge in [0.2, 0.25) is 0 Å². The lowest BCUT2D eigenvalue weighted by molar-refractivity contribution is 0.282. The highest BCUT2D eigenvalue weighted by molar-refractivity contribution is 9.10. The summed E-state index contributed by atoms with van der Waals surface area (Å²) in [5, 5.41) is 12.2. The van der Waals surface area contributed by atoms with E-state index in [0.717, 1.165) is 22.4 Å². The van der Waals surface area contributed by atoms with Gasteiger partial charge in [-0.2, -0.15) is 0 Å². The van der Waals surface area contributed by atoms with Gasteiger partial charge in [-0.3, -0.25) is 0 Å². The molecule has 2 aromatic rings. The molecule has 0 amide bonds. The SMILES string of the molecule is Cc1cc(F)c(Br)cc1NCc1ccc(CO)cc1. The van der Waals surface area contributed by atoms with Crippen LogP contribution in [0.3, 0.4) is 0 Å². The molecule has 4 heteroatoms. The molecule has 0 unspecified atom stereocenters. The van der Waals surface area contributed by atoms with Crippen LogP contribution in [0.2, 0.25) is 0 Å². The number of aryl methyl sites for hydroxylation is 1. The molecule has 0 radical (unpaired) electrons. The summed E-state index contributed by atoms with van der Waals surface area (Å²) in [6.45, 7) is 2.58. The molecule has 2 N–H and O–H groups in total. The van der Waals surface area contributed by atoms with Crippen molar-refractivity contribution in [2.24, 2.45) is 0 Å². The van der Waals surface area contributed by atoms with Crippen LogP contribution in [0.5, 0.6) is 0 Å². The summed E-state index contributed by atoms with van der Waals surface area (Å²) in [4.78, 5) is 0. The standard InChI is InChI=1S/C15H15BrFNO/c1-10-6-14(17)13(16)7-15(10)18-8-11-2-4-12(9-19)5-3-11/h2-7,18-19H,8-9H2,1H3. The molecule has 0 aliphatic rings. The lowest BCUT2D eigenvalue weighted by Gasteiger charge is -2.11. The second-order valence-electron chi connectivity index (χ2n) is 4.41. The van der Waals surface area contributed by atoms with Crippen molar-refractivity contribution in [1.29, 1.82) is 0 Å². The molecule has 0 aromatic heterocycles. The molecule has 0 spiro atoms. The number of benzene rings is 2. The smallest absolute Gasteiger partial charge is 0.137 e. The molecule has 0 bridgehead atoms. The third-order valence-electron chi connectivity index (χ3n) is 2.96. The van der Waals surface area contributed by atoms with Crippen LogP contribution >= 0.6 is 15.9 Å². The molecular formula is C15H15BrFNO. The third-order valence-corrected chi connectivity index (χ3v) is 3.56. The van der Waals surface area contributed by atoms with Crippen LogP contribution in [0.1, 0.15) is 16.7 Å². The molecule has 0 atom stereocenters. The Morgan fingerprint density at radius 3 is 2.42 bits per heavy atom. The number of hydrogen-bond donors (Lipinski definition) is 2. The van der Waals surface area contributed by atoms with Crippen molar-refractivity contribution in [1.82, 2.24) is 0 Å². The third kappa shape index (κ3) is 3.55. The molecule has 0 aliphatic heterocycles. The summed E-state index contributed by atoms with van der Waals surface area (Å²) in [6, 6.07) is 11.0. The topological polar surface area (TPSA) is 32.3 Å². The number of rotatable bonds is 4. The van der Waals surface area contributed by atoms with Crippen molar-refractivity contribution in [3.05, 3.63) is 63.4 Å². The van der Waals surface area contributed by atoms with E-state index in [0.29, 0.717) is 11.0 Å². The van der Waals surface area contributed by atoms with E-state index < -0.39 is 0 Å². The van der Waals surface area contributed by atoms with E-state index in [9.17, 15) is 4.39 Å². The average Bonchev–Trinajstić information content (AvgIpc) is 2.42. The lowest BCUT2D eigenvalue weighted by Crippen LogP contribution is -2.02. The molecule has 2 nitrogen and oxygen atoms in total. The Hall–Kier alpha value is -1.39. The number of halogens is 2. The Bertz CT molecular complexity index is 569. The van der Waals surface area contributed by atoms with Crippen LogP contribution in [0, 0.1) is 12.7 Å². The van der Waals surface area contributed by atoms with Gasteiger partial charge < -0.3 is 10.4 Å². The van der Waals surface area contributed by atoms with E-state index >= 15 is 0 Å². The second-order valence-corrected chi connectivity index (χ2v) is 5.26. The van der Waals surface area contributed by atoms with Gasteiger partial charge in [0.25, 0.3) is 0 Å².